The zero-order valence-corrected chi connectivity index (χ0v) is 18.5. The third-order valence-electron chi connectivity index (χ3n) is 4.72. The topological polar surface area (TPSA) is 245 Å². The van der Waals surface area contributed by atoms with Gasteiger partial charge in [0.15, 0.2) is 0 Å². The molecule has 3 amide bonds. The Hall–Kier alpha value is -4.04. The lowest BCUT2D eigenvalue weighted by Crippen LogP contribution is -2.58. The Labute approximate surface area is 199 Å². The predicted molar refractivity (Wildman–Crippen MR) is 118 cm³/mol. The number of aliphatic hydroxyl groups excluding tert-OH is 1. The number of carboxylic acid groups (broad SMARTS) is 3. The van der Waals surface area contributed by atoms with Crippen LogP contribution in [-0.4, -0.2) is 86.8 Å². The van der Waals surface area contributed by atoms with Gasteiger partial charge in [-0.05, 0) is 12.0 Å². The van der Waals surface area contributed by atoms with Gasteiger partial charge in [-0.3, -0.25) is 24.0 Å². The van der Waals surface area contributed by atoms with Crippen molar-refractivity contribution in [1.82, 2.24) is 16.0 Å². The summed E-state index contributed by atoms with van der Waals surface area (Å²) in [5.41, 5.74) is 6.10. The molecule has 0 saturated carbocycles. The molecule has 192 valence electrons. The van der Waals surface area contributed by atoms with Crippen molar-refractivity contribution in [3.8, 4) is 0 Å². The number of carbonyl (C=O) groups is 6. The van der Waals surface area contributed by atoms with Crippen molar-refractivity contribution in [1.29, 1.82) is 0 Å². The van der Waals surface area contributed by atoms with Crippen LogP contribution >= 0.6 is 0 Å². The van der Waals surface area contributed by atoms with E-state index in [1.54, 1.807) is 30.3 Å². The van der Waals surface area contributed by atoms with E-state index in [1.165, 1.54) is 0 Å². The minimum atomic E-state index is -1.83. The molecule has 4 unspecified atom stereocenters. The van der Waals surface area contributed by atoms with Crippen molar-refractivity contribution >= 4 is 35.6 Å². The lowest BCUT2D eigenvalue weighted by atomic mass is 10.0. The van der Waals surface area contributed by atoms with E-state index >= 15 is 0 Å². The van der Waals surface area contributed by atoms with Gasteiger partial charge in [0.2, 0.25) is 17.7 Å². The number of hydrogen-bond donors (Lipinski definition) is 8. The zero-order valence-electron chi connectivity index (χ0n) is 18.5. The molecule has 1 rings (SSSR count). The SMILES string of the molecule is NC(CO)C(=O)NC(Cc1ccccc1)C(=O)NC(CCC(=O)O)C(=O)NC(CC(=O)O)C(=O)O. The molecule has 0 fully saturated rings. The lowest BCUT2D eigenvalue weighted by molar-refractivity contribution is -0.147. The molecule has 0 aromatic heterocycles. The highest BCUT2D eigenvalue weighted by Gasteiger charge is 2.31. The molecule has 0 aliphatic rings. The van der Waals surface area contributed by atoms with Crippen molar-refractivity contribution in [2.24, 2.45) is 5.73 Å². The van der Waals surface area contributed by atoms with Crippen molar-refractivity contribution in [3.05, 3.63) is 35.9 Å². The van der Waals surface area contributed by atoms with Crippen LogP contribution in [0.1, 0.15) is 24.8 Å². The average molecular weight is 496 g/mol. The molecule has 0 bridgehead atoms. The fourth-order valence-corrected chi connectivity index (χ4v) is 2.88. The minimum absolute atomic E-state index is 0.0550. The number of carbonyl (C=O) groups excluding carboxylic acids is 3. The van der Waals surface area contributed by atoms with Crippen LogP contribution < -0.4 is 21.7 Å². The van der Waals surface area contributed by atoms with Gasteiger partial charge in [-0.1, -0.05) is 30.3 Å². The molecule has 0 radical (unpaired) electrons. The maximum Gasteiger partial charge on any atom is 0.326 e. The fraction of sp³-hybridized carbons (Fsp3) is 0.429. The van der Waals surface area contributed by atoms with E-state index in [1.807, 2.05) is 5.32 Å². The van der Waals surface area contributed by atoms with E-state index in [0.717, 1.165) is 0 Å². The van der Waals surface area contributed by atoms with Gasteiger partial charge in [0.1, 0.15) is 24.2 Å². The number of rotatable bonds is 15. The first-order valence-electron chi connectivity index (χ1n) is 10.4. The van der Waals surface area contributed by atoms with E-state index in [9.17, 15) is 28.8 Å². The number of nitrogens with two attached hydrogens (primary N) is 1. The number of benzene rings is 1. The van der Waals surface area contributed by atoms with Crippen LogP contribution in [0, 0.1) is 0 Å². The fourth-order valence-electron chi connectivity index (χ4n) is 2.88. The number of hydrogen-bond acceptors (Lipinski definition) is 8. The van der Waals surface area contributed by atoms with Gasteiger partial charge in [-0.2, -0.15) is 0 Å². The first kappa shape index (κ1) is 29.0. The Morgan fingerprint density at radius 2 is 1.31 bits per heavy atom. The average Bonchev–Trinajstić information content (AvgIpc) is 2.80. The van der Waals surface area contributed by atoms with Gasteiger partial charge in [-0.15, -0.1) is 0 Å². The van der Waals surface area contributed by atoms with Crippen LogP contribution in [0.25, 0.3) is 0 Å². The van der Waals surface area contributed by atoms with E-state index < -0.39 is 85.7 Å². The smallest absolute Gasteiger partial charge is 0.326 e. The van der Waals surface area contributed by atoms with E-state index in [2.05, 4.69) is 10.6 Å². The van der Waals surface area contributed by atoms with Crippen LogP contribution in [0.2, 0.25) is 0 Å². The van der Waals surface area contributed by atoms with Gasteiger partial charge in [0.05, 0.1) is 13.0 Å². The van der Waals surface area contributed by atoms with Crippen molar-refractivity contribution < 1.29 is 49.2 Å². The third-order valence-corrected chi connectivity index (χ3v) is 4.72. The summed E-state index contributed by atoms with van der Waals surface area (Å²) in [6.45, 7) is -0.699. The number of amides is 3. The highest BCUT2D eigenvalue weighted by Crippen LogP contribution is 2.07. The maximum atomic E-state index is 13.0. The normalized spacial score (nSPS) is 14.0. The Bertz CT molecular complexity index is 924. The molecule has 4 atom stereocenters. The van der Waals surface area contributed by atoms with Crippen molar-refractivity contribution in [3.63, 3.8) is 0 Å². The van der Waals surface area contributed by atoms with Gasteiger partial charge < -0.3 is 42.1 Å². The lowest BCUT2D eigenvalue weighted by Gasteiger charge is -2.24. The number of nitrogens with one attached hydrogen (secondary N) is 3. The highest BCUT2D eigenvalue weighted by atomic mass is 16.4. The molecule has 35 heavy (non-hydrogen) atoms. The van der Waals surface area contributed by atoms with Gasteiger partial charge in [0, 0.05) is 12.8 Å². The van der Waals surface area contributed by atoms with Crippen molar-refractivity contribution in [2.45, 2.75) is 49.9 Å². The van der Waals surface area contributed by atoms with Crippen LogP contribution in [0.3, 0.4) is 0 Å². The third kappa shape index (κ3) is 10.6. The molecular formula is C21H28N4O10. The summed E-state index contributed by atoms with van der Waals surface area (Å²) in [6, 6.07) is 2.40. The van der Waals surface area contributed by atoms with E-state index in [0.29, 0.717) is 5.56 Å². The molecular weight excluding hydrogens is 468 g/mol. The molecule has 1 aromatic carbocycles. The first-order chi connectivity index (χ1) is 16.4. The second kappa shape index (κ2) is 14.3. The Balaban J connectivity index is 3.11. The second-order valence-corrected chi connectivity index (χ2v) is 7.53. The number of aliphatic carboxylic acids is 3. The quantitative estimate of drug-likeness (QED) is 0.125. The molecule has 0 aliphatic carbocycles. The molecule has 14 nitrogen and oxygen atoms in total. The van der Waals surface area contributed by atoms with E-state index in [4.69, 9.17) is 26.2 Å². The van der Waals surface area contributed by atoms with Crippen LogP contribution in [0.4, 0.5) is 0 Å². The molecule has 14 heteroatoms. The standard InChI is InChI=1S/C21H28N4O10/c22-12(10-26)18(31)24-14(8-11-4-2-1-3-5-11)20(33)23-13(6-7-16(27)28)19(32)25-15(21(34)35)9-17(29)30/h1-5,12-15,26H,6-10,22H2,(H,23,33)(H,24,31)(H,25,32)(H,27,28)(H,29,30)(H,34,35). The summed E-state index contributed by atoms with van der Waals surface area (Å²) in [5, 5.41) is 42.6. The summed E-state index contributed by atoms with van der Waals surface area (Å²) in [4.78, 5) is 70.9. The highest BCUT2D eigenvalue weighted by molar-refractivity contribution is 5.95. The van der Waals surface area contributed by atoms with Gasteiger partial charge >= 0.3 is 17.9 Å². The molecule has 0 spiro atoms. The molecule has 1 aromatic rings. The summed E-state index contributed by atoms with van der Waals surface area (Å²) < 4.78 is 0. The summed E-state index contributed by atoms with van der Waals surface area (Å²) in [5.74, 6) is -7.35. The summed E-state index contributed by atoms with van der Waals surface area (Å²) >= 11 is 0. The number of aliphatic hydroxyl groups is 1. The largest absolute Gasteiger partial charge is 0.481 e. The maximum absolute atomic E-state index is 13.0. The second-order valence-electron chi connectivity index (χ2n) is 7.53. The van der Waals surface area contributed by atoms with Gasteiger partial charge in [0.25, 0.3) is 0 Å². The number of carboxylic acids is 3. The summed E-state index contributed by atoms with van der Waals surface area (Å²) in [6.07, 6.45) is -2.04. The monoisotopic (exact) mass is 496 g/mol. The molecule has 0 heterocycles. The van der Waals surface area contributed by atoms with Crippen LogP contribution in [0.15, 0.2) is 30.3 Å². The Morgan fingerprint density at radius 3 is 1.83 bits per heavy atom. The molecule has 0 saturated heterocycles. The summed E-state index contributed by atoms with van der Waals surface area (Å²) in [7, 11) is 0. The predicted octanol–water partition coefficient (Wildman–Crippen LogP) is -2.57. The molecule has 0 aliphatic heterocycles. The first-order valence-corrected chi connectivity index (χ1v) is 10.4. The molecule has 9 N–H and O–H groups in total. The Morgan fingerprint density at radius 1 is 0.771 bits per heavy atom. The Kier molecular flexibility index (Phi) is 11.8. The minimum Gasteiger partial charge on any atom is -0.481 e. The van der Waals surface area contributed by atoms with Crippen LogP contribution in [-0.2, 0) is 35.2 Å². The van der Waals surface area contributed by atoms with E-state index in [-0.39, 0.29) is 6.42 Å². The van der Waals surface area contributed by atoms with Crippen molar-refractivity contribution in [2.75, 3.05) is 6.61 Å². The van der Waals surface area contributed by atoms with Gasteiger partial charge in [-0.25, -0.2) is 4.79 Å². The van der Waals surface area contributed by atoms with Crippen LogP contribution in [0.5, 0.6) is 0 Å². The zero-order chi connectivity index (χ0) is 26.5.